The zero-order valence-electron chi connectivity index (χ0n) is 20.0. The van der Waals surface area contributed by atoms with Crippen molar-refractivity contribution in [3.63, 3.8) is 0 Å². The van der Waals surface area contributed by atoms with Gasteiger partial charge in [0.05, 0.1) is 32.2 Å². The molecule has 0 aliphatic heterocycles. The predicted molar refractivity (Wildman–Crippen MR) is 123 cm³/mol. The Morgan fingerprint density at radius 2 is 1.10 bits per heavy atom. The molecule has 0 aliphatic rings. The minimum atomic E-state index is -1.07. The van der Waals surface area contributed by atoms with Gasteiger partial charge >= 0.3 is 17.9 Å². The molecule has 0 radical (unpaired) electrons. The van der Waals surface area contributed by atoms with Gasteiger partial charge in [-0.3, -0.25) is 9.59 Å². The average molecular weight is 441 g/mol. The van der Waals surface area contributed by atoms with Gasteiger partial charge in [-0.15, -0.1) is 0 Å². The van der Waals surface area contributed by atoms with E-state index < -0.39 is 23.8 Å². The van der Waals surface area contributed by atoms with Crippen LogP contribution in [0.15, 0.2) is 12.2 Å². The van der Waals surface area contributed by atoms with E-state index in [0.717, 1.165) is 77.0 Å². The summed E-state index contributed by atoms with van der Waals surface area (Å²) in [6.45, 7) is 10.9. The van der Waals surface area contributed by atoms with E-state index in [0.29, 0.717) is 6.61 Å². The second-order valence-corrected chi connectivity index (χ2v) is 7.99. The number of esters is 3. The molecule has 0 heterocycles. The number of rotatable bonds is 20. The Hall–Kier alpha value is -1.85. The summed E-state index contributed by atoms with van der Waals surface area (Å²) in [4.78, 5) is 37.2. The van der Waals surface area contributed by atoms with Crippen molar-refractivity contribution in [3.05, 3.63) is 12.2 Å². The van der Waals surface area contributed by atoms with Gasteiger partial charge in [-0.05, 0) is 19.3 Å². The maximum Gasteiger partial charge on any atom is 0.334 e. The zero-order valence-corrected chi connectivity index (χ0v) is 20.0. The van der Waals surface area contributed by atoms with E-state index in [1.165, 1.54) is 0 Å². The minimum Gasteiger partial charge on any atom is -0.466 e. The normalized spacial score (nSPS) is 11.6. The van der Waals surface area contributed by atoms with Crippen LogP contribution in [0.25, 0.3) is 0 Å². The molecule has 0 saturated heterocycles. The highest BCUT2D eigenvalue weighted by molar-refractivity contribution is 5.96. The molecule has 6 heteroatoms. The van der Waals surface area contributed by atoms with E-state index in [1.807, 2.05) is 0 Å². The van der Waals surface area contributed by atoms with Crippen molar-refractivity contribution in [1.82, 2.24) is 0 Å². The van der Waals surface area contributed by atoms with E-state index in [9.17, 15) is 14.4 Å². The molecule has 31 heavy (non-hydrogen) atoms. The van der Waals surface area contributed by atoms with Gasteiger partial charge in [-0.2, -0.15) is 0 Å². The molecule has 0 rings (SSSR count). The lowest BCUT2D eigenvalue weighted by molar-refractivity contribution is -0.155. The second kappa shape index (κ2) is 20.1. The van der Waals surface area contributed by atoms with Crippen molar-refractivity contribution in [3.8, 4) is 0 Å². The topological polar surface area (TPSA) is 78.9 Å². The number of hydrogen-bond acceptors (Lipinski definition) is 6. The first kappa shape index (κ1) is 29.1. The summed E-state index contributed by atoms with van der Waals surface area (Å²) in [5.41, 5.74) is -0.0445. The zero-order chi connectivity index (χ0) is 23.3. The molecule has 1 unspecified atom stereocenters. The van der Waals surface area contributed by atoms with Crippen LogP contribution in [0.4, 0.5) is 0 Å². The molecule has 6 nitrogen and oxygen atoms in total. The van der Waals surface area contributed by atoms with Gasteiger partial charge in [0.25, 0.3) is 0 Å². The van der Waals surface area contributed by atoms with Crippen molar-refractivity contribution < 1.29 is 28.6 Å². The van der Waals surface area contributed by atoms with Gasteiger partial charge in [0.1, 0.15) is 0 Å². The maximum atomic E-state index is 12.6. The highest BCUT2D eigenvalue weighted by Crippen LogP contribution is 2.19. The van der Waals surface area contributed by atoms with Crippen LogP contribution in [0.5, 0.6) is 0 Å². The van der Waals surface area contributed by atoms with E-state index in [1.54, 1.807) is 0 Å². The third kappa shape index (κ3) is 15.6. The molecule has 180 valence electrons. The van der Waals surface area contributed by atoms with Gasteiger partial charge in [-0.1, -0.05) is 85.1 Å². The minimum absolute atomic E-state index is 0.0445. The fourth-order valence-electron chi connectivity index (χ4n) is 3.02. The molecule has 0 aliphatic carbocycles. The van der Waals surface area contributed by atoms with Crippen molar-refractivity contribution in [2.75, 3.05) is 19.8 Å². The molecule has 0 aromatic heterocycles. The van der Waals surface area contributed by atoms with Crippen LogP contribution < -0.4 is 0 Å². The van der Waals surface area contributed by atoms with Crippen LogP contribution in [0.3, 0.4) is 0 Å². The molecule has 0 N–H and O–H groups in total. The van der Waals surface area contributed by atoms with Crippen LogP contribution in [-0.4, -0.2) is 37.7 Å². The van der Waals surface area contributed by atoms with E-state index >= 15 is 0 Å². The van der Waals surface area contributed by atoms with E-state index in [4.69, 9.17) is 14.2 Å². The number of unbranched alkanes of at least 4 members (excludes halogenated alkanes) is 9. The monoisotopic (exact) mass is 440 g/mol. The molecule has 1 atom stereocenters. The fraction of sp³-hybridized carbons (Fsp3) is 0.800. The summed E-state index contributed by atoms with van der Waals surface area (Å²) in [6.07, 6.45) is 11.5. The summed E-state index contributed by atoms with van der Waals surface area (Å²) in [6, 6.07) is 0. The van der Waals surface area contributed by atoms with Gasteiger partial charge in [0, 0.05) is 5.57 Å². The average Bonchev–Trinajstić information content (AvgIpc) is 2.76. The quantitative estimate of drug-likeness (QED) is 0.101. The molecule has 0 amide bonds. The van der Waals surface area contributed by atoms with Crippen molar-refractivity contribution in [2.45, 2.75) is 104 Å². The van der Waals surface area contributed by atoms with Crippen molar-refractivity contribution >= 4 is 17.9 Å². The Bertz CT molecular complexity index is 514. The summed E-state index contributed by atoms with van der Waals surface area (Å²) in [5, 5.41) is 0. The number of hydrogen-bond donors (Lipinski definition) is 0. The maximum absolute atomic E-state index is 12.6. The highest BCUT2D eigenvalue weighted by atomic mass is 16.5. The molecule has 0 spiro atoms. The van der Waals surface area contributed by atoms with Gasteiger partial charge in [0.2, 0.25) is 0 Å². The van der Waals surface area contributed by atoms with Gasteiger partial charge in [0.15, 0.2) is 0 Å². The standard InChI is InChI=1S/C25H44O6/c1-5-8-11-14-17-29-23(26)20-22(25(28)31-19-16-13-10-7-3)21(4)24(27)30-18-15-12-9-6-2/h22H,4-20H2,1-3H3. The largest absolute Gasteiger partial charge is 0.466 e. The summed E-state index contributed by atoms with van der Waals surface area (Å²) in [5.74, 6) is -2.87. The Morgan fingerprint density at radius 1 is 0.645 bits per heavy atom. The molecular formula is C25H44O6. The summed E-state index contributed by atoms with van der Waals surface area (Å²) in [7, 11) is 0. The third-order valence-electron chi connectivity index (χ3n) is 5.07. The molecule has 0 bridgehead atoms. The molecule has 0 aromatic carbocycles. The number of ether oxygens (including phenoxy) is 3. The first-order chi connectivity index (χ1) is 15.0. The third-order valence-corrected chi connectivity index (χ3v) is 5.07. The highest BCUT2D eigenvalue weighted by Gasteiger charge is 2.31. The van der Waals surface area contributed by atoms with Crippen LogP contribution in [0, 0.1) is 5.92 Å². The lowest BCUT2D eigenvalue weighted by atomic mass is 9.97. The van der Waals surface area contributed by atoms with E-state index in [2.05, 4.69) is 27.4 Å². The molecule has 0 saturated carbocycles. The van der Waals surface area contributed by atoms with Gasteiger partial charge < -0.3 is 14.2 Å². The molecule has 0 fully saturated rings. The number of carbonyl (C=O) groups is 3. The van der Waals surface area contributed by atoms with Crippen molar-refractivity contribution in [1.29, 1.82) is 0 Å². The Morgan fingerprint density at radius 3 is 1.58 bits per heavy atom. The Balaban J connectivity index is 4.72. The van der Waals surface area contributed by atoms with Crippen LogP contribution in [0.1, 0.15) is 104 Å². The van der Waals surface area contributed by atoms with E-state index in [-0.39, 0.29) is 25.2 Å². The van der Waals surface area contributed by atoms with Crippen LogP contribution >= 0.6 is 0 Å². The second-order valence-electron chi connectivity index (χ2n) is 7.99. The molecule has 0 aromatic rings. The predicted octanol–water partition coefficient (Wildman–Crippen LogP) is 5.92. The number of carbonyl (C=O) groups excluding carboxylic acids is 3. The lowest BCUT2D eigenvalue weighted by Gasteiger charge is -2.17. The summed E-state index contributed by atoms with van der Waals surface area (Å²) >= 11 is 0. The van der Waals surface area contributed by atoms with Crippen LogP contribution in [0.2, 0.25) is 0 Å². The Labute approximate surface area is 189 Å². The van der Waals surface area contributed by atoms with Crippen LogP contribution in [-0.2, 0) is 28.6 Å². The first-order valence-electron chi connectivity index (χ1n) is 12.2. The molecular weight excluding hydrogens is 396 g/mol. The first-order valence-corrected chi connectivity index (χ1v) is 12.2. The smallest absolute Gasteiger partial charge is 0.334 e. The SMILES string of the molecule is C=C(C(=O)OCCCCCC)C(CC(=O)OCCCCCC)C(=O)OCCCCCC. The Kier molecular flexibility index (Phi) is 18.9. The fourth-order valence-corrected chi connectivity index (χ4v) is 3.02. The lowest BCUT2D eigenvalue weighted by Crippen LogP contribution is -2.28. The van der Waals surface area contributed by atoms with Gasteiger partial charge in [-0.25, -0.2) is 4.79 Å². The summed E-state index contributed by atoms with van der Waals surface area (Å²) < 4.78 is 15.8. The van der Waals surface area contributed by atoms with Crippen molar-refractivity contribution in [2.24, 2.45) is 5.92 Å².